The lowest BCUT2D eigenvalue weighted by molar-refractivity contribution is -0.116. The van der Waals surface area contributed by atoms with Crippen LogP contribution in [0.3, 0.4) is 0 Å². The van der Waals surface area contributed by atoms with Gasteiger partial charge in [0, 0.05) is 18.7 Å². The number of benzene rings is 1. The van der Waals surface area contributed by atoms with Gasteiger partial charge >= 0.3 is 0 Å². The summed E-state index contributed by atoms with van der Waals surface area (Å²) in [4.78, 5) is 14.1. The third-order valence-corrected chi connectivity index (χ3v) is 3.58. The number of rotatable bonds is 6. The highest BCUT2D eigenvalue weighted by atomic mass is 16.1. The van der Waals surface area contributed by atoms with Gasteiger partial charge in [-0.15, -0.1) is 0 Å². The molecule has 112 valence electrons. The van der Waals surface area contributed by atoms with Crippen LogP contribution in [0.2, 0.25) is 0 Å². The Labute approximate surface area is 123 Å². The van der Waals surface area contributed by atoms with Crippen LogP contribution in [0.25, 0.3) is 0 Å². The van der Waals surface area contributed by atoms with E-state index < -0.39 is 0 Å². The van der Waals surface area contributed by atoms with Gasteiger partial charge in [-0.25, -0.2) is 0 Å². The maximum absolute atomic E-state index is 11.9. The van der Waals surface area contributed by atoms with E-state index in [4.69, 9.17) is 0 Å². The van der Waals surface area contributed by atoms with Crippen molar-refractivity contribution in [3.8, 4) is 0 Å². The van der Waals surface area contributed by atoms with E-state index in [1.54, 1.807) is 0 Å². The molecular formula is C17H28N2O. The van der Waals surface area contributed by atoms with E-state index in [0.29, 0.717) is 6.42 Å². The number of carbonyl (C=O) groups excluding carboxylic acids is 1. The molecule has 1 aromatic carbocycles. The summed E-state index contributed by atoms with van der Waals surface area (Å²) >= 11 is 0. The monoisotopic (exact) mass is 276 g/mol. The summed E-state index contributed by atoms with van der Waals surface area (Å²) in [6, 6.07) is 8.13. The molecule has 3 nitrogen and oxygen atoms in total. The van der Waals surface area contributed by atoms with Crippen LogP contribution in [0.4, 0.5) is 5.69 Å². The molecule has 0 unspecified atom stereocenters. The van der Waals surface area contributed by atoms with E-state index in [-0.39, 0.29) is 11.3 Å². The van der Waals surface area contributed by atoms with Gasteiger partial charge < -0.3 is 10.2 Å². The van der Waals surface area contributed by atoms with Crippen molar-refractivity contribution in [3.63, 3.8) is 0 Å². The second-order valence-electron chi connectivity index (χ2n) is 6.15. The van der Waals surface area contributed by atoms with Gasteiger partial charge in [0.1, 0.15) is 0 Å². The van der Waals surface area contributed by atoms with Crippen LogP contribution in [0, 0.1) is 0 Å². The number of amides is 1. The molecule has 0 fully saturated rings. The van der Waals surface area contributed by atoms with Crippen molar-refractivity contribution in [2.24, 2.45) is 0 Å². The Morgan fingerprint density at radius 3 is 2.10 bits per heavy atom. The van der Waals surface area contributed by atoms with Gasteiger partial charge in [-0.3, -0.25) is 4.79 Å². The largest absolute Gasteiger partial charge is 0.326 e. The Bertz CT molecular complexity index is 414. The number of hydrogen-bond acceptors (Lipinski definition) is 2. The van der Waals surface area contributed by atoms with Crippen molar-refractivity contribution < 1.29 is 4.79 Å². The highest BCUT2D eigenvalue weighted by molar-refractivity contribution is 5.90. The fourth-order valence-corrected chi connectivity index (χ4v) is 2.08. The van der Waals surface area contributed by atoms with Gasteiger partial charge in [0.05, 0.1) is 0 Å². The molecule has 0 aliphatic heterocycles. The molecule has 1 rings (SSSR count). The molecular weight excluding hydrogens is 248 g/mol. The minimum atomic E-state index is 0.0837. The SMILES string of the molecule is CCN(CC)CCC(=O)Nc1ccc(C(C)(C)C)cc1. The van der Waals surface area contributed by atoms with Crippen LogP contribution in [0.5, 0.6) is 0 Å². The lowest BCUT2D eigenvalue weighted by Gasteiger charge is -2.19. The smallest absolute Gasteiger partial charge is 0.225 e. The molecule has 1 amide bonds. The van der Waals surface area contributed by atoms with E-state index in [9.17, 15) is 4.79 Å². The van der Waals surface area contributed by atoms with Gasteiger partial charge in [0.2, 0.25) is 5.91 Å². The summed E-state index contributed by atoms with van der Waals surface area (Å²) in [5, 5.41) is 2.96. The van der Waals surface area contributed by atoms with Gasteiger partial charge in [-0.2, -0.15) is 0 Å². The first kappa shape index (κ1) is 16.7. The zero-order valence-corrected chi connectivity index (χ0v) is 13.5. The number of hydrogen-bond donors (Lipinski definition) is 1. The molecule has 0 aromatic heterocycles. The van der Waals surface area contributed by atoms with Gasteiger partial charge in [0.25, 0.3) is 0 Å². The molecule has 0 spiro atoms. The fourth-order valence-electron chi connectivity index (χ4n) is 2.08. The molecule has 20 heavy (non-hydrogen) atoms. The van der Waals surface area contributed by atoms with Crippen LogP contribution in [-0.2, 0) is 10.2 Å². The van der Waals surface area contributed by atoms with E-state index >= 15 is 0 Å². The van der Waals surface area contributed by atoms with Crippen molar-refractivity contribution in [2.45, 2.75) is 46.5 Å². The minimum absolute atomic E-state index is 0.0837. The Morgan fingerprint density at radius 1 is 1.10 bits per heavy atom. The highest BCUT2D eigenvalue weighted by Gasteiger charge is 2.13. The molecule has 0 saturated heterocycles. The first-order valence-electron chi connectivity index (χ1n) is 7.49. The van der Waals surface area contributed by atoms with Crippen LogP contribution in [0.15, 0.2) is 24.3 Å². The summed E-state index contributed by atoms with van der Waals surface area (Å²) in [5.74, 6) is 0.0837. The zero-order chi connectivity index (χ0) is 15.2. The standard InChI is InChI=1S/C17H28N2O/c1-6-19(7-2)13-12-16(20)18-15-10-8-14(9-11-15)17(3,4)5/h8-11H,6-7,12-13H2,1-5H3,(H,18,20). The summed E-state index contributed by atoms with van der Waals surface area (Å²) < 4.78 is 0. The van der Waals surface area contributed by atoms with Crippen molar-refractivity contribution in [1.82, 2.24) is 4.90 Å². The molecule has 0 bridgehead atoms. The van der Waals surface area contributed by atoms with Crippen molar-refractivity contribution in [2.75, 3.05) is 25.0 Å². The van der Waals surface area contributed by atoms with Crippen LogP contribution in [0.1, 0.15) is 46.6 Å². The lowest BCUT2D eigenvalue weighted by Crippen LogP contribution is -2.27. The summed E-state index contributed by atoms with van der Waals surface area (Å²) in [6.07, 6.45) is 0.544. The Hall–Kier alpha value is -1.35. The zero-order valence-electron chi connectivity index (χ0n) is 13.5. The van der Waals surface area contributed by atoms with Crippen LogP contribution < -0.4 is 5.32 Å². The highest BCUT2D eigenvalue weighted by Crippen LogP contribution is 2.23. The summed E-state index contributed by atoms with van der Waals surface area (Å²) in [7, 11) is 0. The fraction of sp³-hybridized carbons (Fsp3) is 0.588. The van der Waals surface area contributed by atoms with E-state index in [2.05, 4.69) is 57.0 Å². The third kappa shape index (κ3) is 5.33. The number of anilines is 1. The molecule has 0 atom stereocenters. The number of carbonyl (C=O) groups is 1. The van der Waals surface area contributed by atoms with E-state index in [0.717, 1.165) is 25.3 Å². The van der Waals surface area contributed by atoms with Crippen LogP contribution >= 0.6 is 0 Å². The quantitative estimate of drug-likeness (QED) is 0.860. The van der Waals surface area contributed by atoms with E-state index in [1.807, 2.05) is 12.1 Å². The minimum Gasteiger partial charge on any atom is -0.326 e. The Kier molecular flexibility index (Phi) is 6.21. The Morgan fingerprint density at radius 2 is 1.65 bits per heavy atom. The predicted octanol–water partition coefficient (Wildman–Crippen LogP) is 3.65. The maximum Gasteiger partial charge on any atom is 0.225 e. The third-order valence-electron chi connectivity index (χ3n) is 3.58. The van der Waals surface area contributed by atoms with Crippen molar-refractivity contribution in [1.29, 1.82) is 0 Å². The topological polar surface area (TPSA) is 32.3 Å². The molecule has 1 aromatic rings. The molecule has 1 N–H and O–H groups in total. The lowest BCUT2D eigenvalue weighted by atomic mass is 9.87. The molecule has 3 heteroatoms. The van der Waals surface area contributed by atoms with Crippen molar-refractivity contribution >= 4 is 11.6 Å². The van der Waals surface area contributed by atoms with Crippen molar-refractivity contribution in [3.05, 3.63) is 29.8 Å². The summed E-state index contributed by atoms with van der Waals surface area (Å²) in [6.45, 7) is 13.6. The maximum atomic E-state index is 11.9. The molecule has 0 heterocycles. The number of nitrogens with zero attached hydrogens (tertiary/aromatic N) is 1. The molecule has 0 aliphatic rings. The first-order chi connectivity index (χ1) is 9.36. The predicted molar refractivity (Wildman–Crippen MR) is 86.2 cm³/mol. The molecule has 0 saturated carbocycles. The summed E-state index contributed by atoms with van der Waals surface area (Å²) in [5.41, 5.74) is 2.30. The van der Waals surface area contributed by atoms with Gasteiger partial charge in [-0.1, -0.05) is 46.8 Å². The molecule has 0 radical (unpaired) electrons. The average molecular weight is 276 g/mol. The number of nitrogens with one attached hydrogen (secondary N) is 1. The average Bonchev–Trinajstić information content (AvgIpc) is 2.39. The normalized spacial score (nSPS) is 11.7. The van der Waals surface area contributed by atoms with Crippen LogP contribution in [-0.4, -0.2) is 30.4 Å². The first-order valence-corrected chi connectivity index (χ1v) is 7.49. The van der Waals surface area contributed by atoms with E-state index in [1.165, 1.54) is 5.56 Å². The van der Waals surface area contributed by atoms with Gasteiger partial charge in [0.15, 0.2) is 0 Å². The molecule has 0 aliphatic carbocycles. The second kappa shape index (κ2) is 7.44. The van der Waals surface area contributed by atoms with Gasteiger partial charge in [-0.05, 0) is 36.2 Å². The second-order valence-corrected chi connectivity index (χ2v) is 6.15. The Balaban J connectivity index is 2.50.